The summed E-state index contributed by atoms with van der Waals surface area (Å²) in [6.07, 6.45) is 1.76. The van der Waals surface area contributed by atoms with Gasteiger partial charge in [-0.05, 0) is 49.7 Å². The van der Waals surface area contributed by atoms with Crippen LogP contribution in [0.25, 0.3) is 0 Å². The van der Waals surface area contributed by atoms with E-state index < -0.39 is 17.5 Å². The van der Waals surface area contributed by atoms with Crippen LogP contribution in [-0.4, -0.2) is 38.4 Å². The van der Waals surface area contributed by atoms with Gasteiger partial charge < -0.3 is 20.6 Å². The Morgan fingerprint density at radius 2 is 1.65 bits per heavy atom. The van der Waals surface area contributed by atoms with E-state index in [0.717, 1.165) is 19.4 Å². The highest BCUT2D eigenvalue weighted by Gasteiger charge is 2.17. The van der Waals surface area contributed by atoms with Gasteiger partial charge in [0.2, 0.25) is 0 Å². The van der Waals surface area contributed by atoms with Crippen molar-refractivity contribution in [3.8, 4) is 0 Å². The topological polar surface area (TPSA) is 47.5 Å². The molecule has 142 valence electrons. The molecule has 0 saturated heterocycles. The summed E-state index contributed by atoms with van der Waals surface area (Å²) in [7, 11) is 1.50. The van der Waals surface area contributed by atoms with Crippen molar-refractivity contribution in [2.75, 3.05) is 43.5 Å². The maximum Gasteiger partial charge on any atom is 0.149 e. The first-order chi connectivity index (χ1) is 12.5. The van der Waals surface area contributed by atoms with Crippen LogP contribution in [-0.2, 0) is 0 Å². The number of anilines is 3. The van der Waals surface area contributed by atoms with Gasteiger partial charge in [0.15, 0.2) is 0 Å². The lowest BCUT2D eigenvalue weighted by atomic mass is 10.2. The number of benzene rings is 2. The Hall–Kier alpha value is -2.25. The normalized spacial score (nSPS) is 10.8. The standard InChI is InChI=1S/C19H24F3N3O/c1-25(19-15(21)5-4-6-16(19)22)18-13-14(20)7-8-17(18)24-10-3-2-9-23-11-12-26/h4-8,13,23-24,26H,2-3,9-12H2,1H3. The lowest BCUT2D eigenvalue weighted by Crippen LogP contribution is -2.20. The number of rotatable bonds is 10. The van der Waals surface area contributed by atoms with Crippen molar-refractivity contribution in [1.29, 1.82) is 0 Å². The number of aliphatic hydroxyl groups is 1. The Morgan fingerprint density at radius 3 is 2.35 bits per heavy atom. The maximum absolute atomic E-state index is 14.1. The van der Waals surface area contributed by atoms with Crippen molar-refractivity contribution in [2.24, 2.45) is 0 Å². The van der Waals surface area contributed by atoms with Gasteiger partial charge >= 0.3 is 0 Å². The van der Waals surface area contributed by atoms with Crippen LogP contribution in [0.5, 0.6) is 0 Å². The molecule has 0 aliphatic heterocycles. The maximum atomic E-state index is 14.1. The first-order valence-corrected chi connectivity index (χ1v) is 8.57. The molecule has 4 nitrogen and oxygen atoms in total. The van der Waals surface area contributed by atoms with E-state index in [9.17, 15) is 13.2 Å². The molecule has 7 heteroatoms. The van der Waals surface area contributed by atoms with Crippen LogP contribution in [0.1, 0.15) is 12.8 Å². The minimum absolute atomic E-state index is 0.107. The largest absolute Gasteiger partial charge is 0.395 e. The SMILES string of the molecule is CN(c1cc(F)ccc1NCCCCNCCO)c1c(F)cccc1F. The van der Waals surface area contributed by atoms with E-state index in [1.54, 1.807) is 6.07 Å². The van der Waals surface area contributed by atoms with Gasteiger partial charge in [0.1, 0.15) is 23.1 Å². The molecule has 0 aliphatic carbocycles. The number of hydrogen-bond donors (Lipinski definition) is 3. The molecule has 0 aliphatic rings. The summed E-state index contributed by atoms with van der Waals surface area (Å²) < 4.78 is 41.8. The number of halogens is 3. The molecule has 3 N–H and O–H groups in total. The summed E-state index contributed by atoms with van der Waals surface area (Å²) in [5.74, 6) is -1.90. The number of unbranched alkanes of at least 4 members (excludes halogenated alkanes) is 1. The fraction of sp³-hybridized carbons (Fsp3) is 0.368. The van der Waals surface area contributed by atoms with Gasteiger partial charge in [-0.25, -0.2) is 13.2 Å². The molecule has 0 heterocycles. The highest BCUT2D eigenvalue weighted by molar-refractivity contribution is 5.76. The molecular weight excluding hydrogens is 343 g/mol. The Balaban J connectivity index is 2.07. The zero-order valence-corrected chi connectivity index (χ0v) is 14.7. The third-order valence-corrected chi connectivity index (χ3v) is 3.98. The summed E-state index contributed by atoms with van der Waals surface area (Å²) >= 11 is 0. The Morgan fingerprint density at radius 1 is 0.962 bits per heavy atom. The second kappa shape index (κ2) is 10.0. The molecule has 2 aromatic rings. The number of nitrogens with zero attached hydrogens (tertiary/aromatic N) is 1. The van der Waals surface area contributed by atoms with E-state index in [0.29, 0.717) is 24.5 Å². The van der Waals surface area contributed by atoms with E-state index in [4.69, 9.17) is 5.11 Å². The lowest BCUT2D eigenvalue weighted by molar-refractivity contribution is 0.292. The van der Waals surface area contributed by atoms with Crippen LogP contribution in [0.2, 0.25) is 0 Å². The van der Waals surface area contributed by atoms with Crippen molar-refractivity contribution < 1.29 is 18.3 Å². The smallest absolute Gasteiger partial charge is 0.149 e. The van der Waals surface area contributed by atoms with Crippen LogP contribution in [0.3, 0.4) is 0 Å². The van der Waals surface area contributed by atoms with Gasteiger partial charge in [0.25, 0.3) is 0 Å². The van der Waals surface area contributed by atoms with Crippen LogP contribution in [0.15, 0.2) is 36.4 Å². The van der Waals surface area contributed by atoms with Crippen molar-refractivity contribution in [3.05, 3.63) is 53.8 Å². The van der Waals surface area contributed by atoms with Crippen molar-refractivity contribution in [2.45, 2.75) is 12.8 Å². The predicted molar refractivity (Wildman–Crippen MR) is 98.5 cm³/mol. The number of para-hydroxylation sites is 1. The minimum Gasteiger partial charge on any atom is -0.395 e. The van der Waals surface area contributed by atoms with Gasteiger partial charge in [-0.3, -0.25) is 0 Å². The molecule has 0 radical (unpaired) electrons. The molecule has 0 unspecified atom stereocenters. The molecule has 0 aromatic heterocycles. The third kappa shape index (κ3) is 5.37. The van der Waals surface area contributed by atoms with Crippen LogP contribution < -0.4 is 15.5 Å². The Labute approximate surface area is 151 Å². The summed E-state index contributed by atoms with van der Waals surface area (Å²) in [4.78, 5) is 1.30. The summed E-state index contributed by atoms with van der Waals surface area (Å²) in [5, 5.41) is 15.0. The number of nitrogens with one attached hydrogen (secondary N) is 2. The summed E-state index contributed by atoms with van der Waals surface area (Å²) in [5.41, 5.74) is 0.724. The van der Waals surface area contributed by atoms with Crippen LogP contribution in [0.4, 0.5) is 30.2 Å². The molecule has 2 aromatic carbocycles. The fourth-order valence-electron chi connectivity index (χ4n) is 2.66. The quantitative estimate of drug-likeness (QED) is 0.561. The molecule has 0 spiro atoms. The highest BCUT2D eigenvalue weighted by atomic mass is 19.1. The third-order valence-electron chi connectivity index (χ3n) is 3.98. The molecule has 2 rings (SSSR count). The summed E-state index contributed by atoms with van der Waals surface area (Å²) in [6, 6.07) is 7.74. The molecule has 0 amide bonds. The zero-order valence-electron chi connectivity index (χ0n) is 14.7. The monoisotopic (exact) mass is 367 g/mol. The fourth-order valence-corrected chi connectivity index (χ4v) is 2.66. The molecule has 0 atom stereocenters. The van der Waals surface area contributed by atoms with Crippen molar-refractivity contribution >= 4 is 17.1 Å². The second-order valence-corrected chi connectivity index (χ2v) is 5.90. The van der Waals surface area contributed by atoms with E-state index >= 15 is 0 Å². The predicted octanol–water partition coefficient (Wildman–Crippen LogP) is 3.65. The molecule has 0 bridgehead atoms. The Kier molecular flexibility index (Phi) is 7.74. The van der Waals surface area contributed by atoms with E-state index in [1.165, 1.54) is 42.3 Å². The average molecular weight is 367 g/mol. The minimum atomic E-state index is -0.710. The number of hydrogen-bond acceptors (Lipinski definition) is 4. The first-order valence-electron chi connectivity index (χ1n) is 8.57. The van der Waals surface area contributed by atoms with Gasteiger partial charge in [-0.15, -0.1) is 0 Å². The zero-order chi connectivity index (χ0) is 18.9. The second-order valence-electron chi connectivity index (χ2n) is 5.90. The Bertz CT molecular complexity index is 692. The van der Waals surface area contributed by atoms with Gasteiger partial charge in [0.05, 0.1) is 18.0 Å². The number of aliphatic hydroxyl groups excluding tert-OH is 1. The van der Waals surface area contributed by atoms with Crippen LogP contribution >= 0.6 is 0 Å². The molecule has 26 heavy (non-hydrogen) atoms. The van der Waals surface area contributed by atoms with Gasteiger partial charge in [-0.1, -0.05) is 6.07 Å². The van der Waals surface area contributed by atoms with Crippen molar-refractivity contribution in [3.63, 3.8) is 0 Å². The molecule has 0 saturated carbocycles. The first kappa shape index (κ1) is 20.1. The van der Waals surface area contributed by atoms with Gasteiger partial charge in [0, 0.05) is 20.1 Å². The van der Waals surface area contributed by atoms with E-state index in [1.807, 2.05) is 0 Å². The van der Waals surface area contributed by atoms with Crippen molar-refractivity contribution in [1.82, 2.24) is 5.32 Å². The summed E-state index contributed by atoms with van der Waals surface area (Å²) in [6.45, 7) is 2.09. The highest BCUT2D eigenvalue weighted by Crippen LogP contribution is 2.34. The average Bonchev–Trinajstić information content (AvgIpc) is 2.61. The van der Waals surface area contributed by atoms with Crippen LogP contribution in [0, 0.1) is 17.5 Å². The van der Waals surface area contributed by atoms with Gasteiger partial charge in [-0.2, -0.15) is 0 Å². The van der Waals surface area contributed by atoms with E-state index in [2.05, 4.69) is 10.6 Å². The molecular formula is C19H24F3N3O. The van der Waals surface area contributed by atoms with E-state index in [-0.39, 0.29) is 12.3 Å². The lowest BCUT2D eigenvalue weighted by Gasteiger charge is -2.24. The molecule has 0 fully saturated rings.